The van der Waals surface area contributed by atoms with Gasteiger partial charge in [-0.05, 0) is 25.7 Å². The zero-order valence-electron chi connectivity index (χ0n) is 11.6. The van der Waals surface area contributed by atoms with Crippen LogP contribution in [-0.4, -0.2) is 48.1 Å². The maximum atomic E-state index is 12.5. The van der Waals surface area contributed by atoms with Crippen molar-refractivity contribution in [2.45, 2.75) is 37.8 Å². The maximum absolute atomic E-state index is 12.5. The summed E-state index contributed by atoms with van der Waals surface area (Å²) in [7, 11) is 1.69. The van der Waals surface area contributed by atoms with Crippen molar-refractivity contribution >= 4 is 28.2 Å². The third-order valence-corrected chi connectivity index (χ3v) is 4.74. The first kappa shape index (κ1) is 13.6. The minimum atomic E-state index is -0.0226. The molecule has 7 heteroatoms. The molecular weight excluding hydrogens is 276 g/mol. The van der Waals surface area contributed by atoms with Crippen LogP contribution >= 0.6 is 11.3 Å². The highest BCUT2D eigenvalue weighted by atomic mass is 32.1. The Kier molecular flexibility index (Phi) is 3.80. The number of nitrogens with zero attached hydrogens (tertiary/aromatic N) is 2. The highest BCUT2D eigenvalue weighted by Crippen LogP contribution is 2.31. The Morgan fingerprint density at radius 2 is 2.30 bits per heavy atom. The number of likely N-dealkylation sites (tertiary alicyclic amines) is 1. The molecule has 1 atom stereocenters. The van der Waals surface area contributed by atoms with Gasteiger partial charge in [0.05, 0.1) is 6.10 Å². The molecule has 0 aromatic carbocycles. The summed E-state index contributed by atoms with van der Waals surface area (Å²) in [6.07, 6.45) is 4.45. The second-order valence-corrected chi connectivity index (χ2v) is 6.40. The molecule has 110 valence electrons. The highest BCUT2D eigenvalue weighted by molar-refractivity contribution is 7.18. The summed E-state index contributed by atoms with van der Waals surface area (Å²) in [5.74, 6) is 0.313. The largest absolute Gasteiger partial charge is 0.382 e. The Hall–Kier alpha value is -1.34. The van der Waals surface area contributed by atoms with E-state index in [1.165, 1.54) is 24.2 Å². The van der Waals surface area contributed by atoms with Crippen molar-refractivity contribution in [2.24, 2.45) is 0 Å². The zero-order chi connectivity index (χ0) is 14.1. The molecule has 1 aromatic heterocycles. The van der Waals surface area contributed by atoms with Gasteiger partial charge in [-0.1, -0.05) is 11.3 Å². The predicted molar refractivity (Wildman–Crippen MR) is 79.1 cm³/mol. The number of hydrogen-bond acceptors (Lipinski definition) is 6. The number of amides is 1. The number of anilines is 2. The molecular formula is C13H20N4O2S. The topological polar surface area (TPSA) is 80.5 Å². The molecule has 2 fully saturated rings. The molecule has 1 unspecified atom stereocenters. The summed E-state index contributed by atoms with van der Waals surface area (Å²) >= 11 is 1.36. The minimum Gasteiger partial charge on any atom is -0.382 e. The van der Waals surface area contributed by atoms with Crippen LogP contribution in [0.2, 0.25) is 0 Å². The van der Waals surface area contributed by atoms with E-state index >= 15 is 0 Å². The molecule has 1 amide bonds. The quantitative estimate of drug-likeness (QED) is 0.881. The van der Waals surface area contributed by atoms with Gasteiger partial charge in [0.1, 0.15) is 10.7 Å². The van der Waals surface area contributed by atoms with E-state index < -0.39 is 0 Å². The number of carbonyl (C=O) groups is 1. The van der Waals surface area contributed by atoms with Crippen LogP contribution in [0.4, 0.5) is 10.9 Å². The van der Waals surface area contributed by atoms with Gasteiger partial charge in [0.25, 0.3) is 5.91 Å². The number of nitrogens with one attached hydrogen (secondary N) is 1. The van der Waals surface area contributed by atoms with Crippen LogP contribution in [0, 0.1) is 0 Å². The molecule has 1 aromatic rings. The van der Waals surface area contributed by atoms with Gasteiger partial charge in [-0.2, -0.15) is 0 Å². The lowest BCUT2D eigenvalue weighted by Gasteiger charge is -2.31. The highest BCUT2D eigenvalue weighted by Gasteiger charge is 2.28. The zero-order valence-corrected chi connectivity index (χ0v) is 12.4. The fourth-order valence-corrected chi connectivity index (χ4v) is 3.34. The molecule has 1 saturated carbocycles. The van der Waals surface area contributed by atoms with Gasteiger partial charge in [0.2, 0.25) is 0 Å². The number of piperidine rings is 1. The number of nitrogens with two attached hydrogens (primary N) is 1. The smallest absolute Gasteiger partial charge is 0.267 e. The van der Waals surface area contributed by atoms with Crippen molar-refractivity contribution in [1.82, 2.24) is 9.88 Å². The molecule has 0 bridgehead atoms. The van der Waals surface area contributed by atoms with E-state index in [4.69, 9.17) is 10.5 Å². The van der Waals surface area contributed by atoms with Crippen molar-refractivity contribution in [3.05, 3.63) is 4.88 Å². The monoisotopic (exact) mass is 296 g/mol. The van der Waals surface area contributed by atoms with Crippen LogP contribution < -0.4 is 11.1 Å². The number of nitrogen functional groups attached to an aromatic ring is 1. The summed E-state index contributed by atoms with van der Waals surface area (Å²) in [6.45, 7) is 1.40. The van der Waals surface area contributed by atoms with Crippen molar-refractivity contribution in [2.75, 3.05) is 31.2 Å². The standard InChI is InChI=1S/C13H20N4O2S/c1-19-9-3-2-6-17(7-9)12(18)10-11(14)16-13(20-10)15-8-4-5-8/h8-9H,2-7,14H2,1H3,(H,15,16). The van der Waals surface area contributed by atoms with Crippen molar-refractivity contribution < 1.29 is 9.53 Å². The SMILES string of the molecule is COC1CCCN(C(=O)c2sc(NC3CC3)nc2N)C1. The molecule has 1 aliphatic heterocycles. The lowest BCUT2D eigenvalue weighted by atomic mass is 10.1. The number of ether oxygens (including phenoxy) is 1. The third-order valence-electron chi connectivity index (χ3n) is 3.75. The summed E-state index contributed by atoms with van der Waals surface area (Å²) < 4.78 is 5.35. The van der Waals surface area contributed by atoms with E-state index in [2.05, 4.69) is 10.3 Å². The first-order valence-corrected chi connectivity index (χ1v) is 7.84. The van der Waals surface area contributed by atoms with E-state index in [9.17, 15) is 4.79 Å². The number of rotatable bonds is 4. The number of aromatic nitrogens is 1. The summed E-state index contributed by atoms with van der Waals surface area (Å²) in [4.78, 5) is 19.2. The summed E-state index contributed by atoms with van der Waals surface area (Å²) in [5, 5.41) is 4.04. The van der Waals surface area contributed by atoms with Crippen LogP contribution in [0.15, 0.2) is 0 Å². The number of carbonyl (C=O) groups excluding carboxylic acids is 1. The fourth-order valence-electron chi connectivity index (χ4n) is 2.41. The van der Waals surface area contributed by atoms with Gasteiger partial charge in [0.15, 0.2) is 5.13 Å². The summed E-state index contributed by atoms with van der Waals surface area (Å²) in [6, 6.07) is 0.511. The first-order chi connectivity index (χ1) is 9.67. The van der Waals surface area contributed by atoms with Gasteiger partial charge in [-0.15, -0.1) is 0 Å². The van der Waals surface area contributed by atoms with E-state index in [1.54, 1.807) is 7.11 Å². The fraction of sp³-hybridized carbons (Fsp3) is 0.692. The second-order valence-electron chi connectivity index (χ2n) is 5.40. The molecule has 3 N–H and O–H groups in total. The van der Waals surface area contributed by atoms with E-state index in [0.29, 0.717) is 23.3 Å². The second kappa shape index (κ2) is 5.57. The van der Waals surface area contributed by atoms with Crippen LogP contribution in [0.3, 0.4) is 0 Å². The molecule has 1 saturated heterocycles. The molecule has 1 aliphatic carbocycles. The van der Waals surface area contributed by atoms with Crippen LogP contribution in [0.25, 0.3) is 0 Å². The Morgan fingerprint density at radius 3 is 3.00 bits per heavy atom. The normalized spacial score (nSPS) is 22.9. The van der Waals surface area contributed by atoms with Gasteiger partial charge >= 0.3 is 0 Å². The molecule has 3 rings (SSSR count). The lowest BCUT2D eigenvalue weighted by molar-refractivity contribution is 0.0272. The van der Waals surface area contributed by atoms with Gasteiger partial charge in [-0.3, -0.25) is 4.79 Å². The van der Waals surface area contributed by atoms with Gasteiger partial charge in [0, 0.05) is 26.2 Å². The number of hydrogen-bond donors (Lipinski definition) is 2. The average Bonchev–Trinajstić information content (AvgIpc) is 3.20. The molecule has 6 nitrogen and oxygen atoms in total. The van der Waals surface area contributed by atoms with Gasteiger partial charge in [-0.25, -0.2) is 4.98 Å². The molecule has 2 heterocycles. The Morgan fingerprint density at radius 1 is 1.50 bits per heavy atom. The average molecular weight is 296 g/mol. The Balaban J connectivity index is 1.70. The molecule has 2 aliphatic rings. The molecule has 20 heavy (non-hydrogen) atoms. The predicted octanol–water partition coefficient (Wildman–Crippen LogP) is 1.55. The number of methoxy groups -OCH3 is 1. The Labute approximate surface area is 122 Å². The third kappa shape index (κ3) is 2.88. The van der Waals surface area contributed by atoms with Gasteiger partial charge < -0.3 is 20.7 Å². The van der Waals surface area contributed by atoms with E-state index in [0.717, 1.165) is 24.5 Å². The van der Waals surface area contributed by atoms with Crippen LogP contribution in [0.5, 0.6) is 0 Å². The number of thiazole rings is 1. The van der Waals surface area contributed by atoms with Crippen molar-refractivity contribution in [3.63, 3.8) is 0 Å². The molecule has 0 spiro atoms. The minimum absolute atomic E-state index is 0.0226. The van der Waals surface area contributed by atoms with Crippen molar-refractivity contribution in [3.8, 4) is 0 Å². The molecule has 0 radical (unpaired) electrons. The van der Waals surface area contributed by atoms with E-state index in [1.807, 2.05) is 4.90 Å². The lowest BCUT2D eigenvalue weighted by Crippen LogP contribution is -2.42. The summed E-state index contributed by atoms with van der Waals surface area (Å²) in [5.41, 5.74) is 5.89. The van der Waals surface area contributed by atoms with Crippen molar-refractivity contribution in [1.29, 1.82) is 0 Å². The van der Waals surface area contributed by atoms with Crippen LogP contribution in [0.1, 0.15) is 35.4 Å². The Bertz CT molecular complexity index is 501. The maximum Gasteiger partial charge on any atom is 0.267 e. The van der Waals surface area contributed by atoms with E-state index in [-0.39, 0.29) is 12.0 Å². The first-order valence-electron chi connectivity index (χ1n) is 7.02. The van der Waals surface area contributed by atoms with Crippen LogP contribution in [-0.2, 0) is 4.74 Å².